The first-order valence-corrected chi connectivity index (χ1v) is 4.70. The molecule has 0 unspecified atom stereocenters. The highest BCUT2D eigenvalue weighted by molar-refractivity contribution is 7.71. The van der Waals surface area contributed by atoms with Gasteiger partial charge in [-0.2, -0.15) is 0 Å². The third-order valence-electron chi connectivity index (χ3n) is 1.75. The van der Waals surface area contributed by atoms with Gasteiger partial charge in [0.2, 0.25) is 0 Å². The normalized spacial score (nSPS) is 10.2. The number of aromatic nitrogens is 1. The van der Waals surface area contributed by atoms with E-state index in [9.17, 15) is 4.39 Å². The van der Waals surface area contributed by atoms with Crippen LogP contribution in [-0.4, -0.2) is 4.98 Å². The van der Waals surface area contributed by atoms with E-state index in [0.717, 1.165) is 0 Å². The number of ether oxygens (including phenoxy) is 1. The van der Waals surface area contributed by atoms with Crippen LogP contribution in [-0.2, 0) is 6.61 Å². The highest BCUT2D eigenvalue weighted by Crippen LogP contribution is 2.13. The minimum Gasteiger partial charge on any atom is -0.485 e. The van der Waals surface area contributed by atoms with Crippen molar-refractivity contribution in [3.05, 3.63) is 46.9 Å². The summed E-state index contributed by atoms with van der Waals surface area (Å²) >= 11 is 4.75. The molecule has 0 radical (unpaired) electrons. The number of aromatic amines is 1. The molecule has 1 N–H and O–H groups in total. The van der Waals surface area contributed by atoms with Crippen LogP contribution in [0.15, 0.2) is 34.9 Å². The van der Waals surface area contributed by atoms with Gasteiger partial charge in [0.1, 0.15) is 18.2 Å². The van der Waals surface area contributed by atoms with Crippen molar-refractivity contribution in [1.29, 1.82) is 0 Å². The Morgan fingerprint density at radius 3 is 3.00 bits per heavy atom. The van der Waals surface area contributed by atoms with Gasteiger partial charge < -0.3 is 14.1 Å². The highest BCUT2D eigenvalue weighted by Gasteiger charge is 2.00. The van der Waals surface area contributed by atoms with Gasteiger partial charge in [0.25, 0.3) is 4.84 Å². The molecule has 0 saturated heterocycles. The quantitative estimate of drug-likeness (QED) is 0.816. The summed E-state index contributed by atoms with van der Waals surface area (Å²) in [4.78, 5) is 3.01. The fraction of sp³-hybridized carbons (Fsp3) is 0.100. The molecule has 1 aromatic carbocycles. The summed E-state index contributed by atoms with van der Waals surface area (Å²) < 4.78 is 23.1. The van der Waals surface area contributed by atoms with Crippen molar-refractivity contribution in [1.82, 2.24) is 4.98 Å². The van der Waals surface area contributed by atoms with E-state index in [2.05, 4.69) is 4.98 Å². The molecule has 0 atom stereocenters. The summed E-state index contributed by atoms with van der Waals surface area (Å²) in [6.07, 6.45) is 1.61. The van der Waals surface area contributed by atoms with E-state index in [1.165, 1.54) is 12.1 Å². The topological polar surface area (TPSA) is 38.2 Å². The van der Waals surface area contributed by atoms with Crippen LogP contribution in [0.1, 0.15) is 5.76 Å². The van der Waals surface area contributed by atoms with Crippen molar-refractivity contribution in [3.63, 3.8) is 0 Å². The Labute approximate surface area is 90.5 Å². The molecule has 0 fully saturated rings. The third-order valence-corrected chi connectivity index (χ3v) is 1.95. The minimum atomic E-state index is -0.331. The van der Waals surface area contributed by atoms with Crippen LogP contribution in [0, 0.1) is 10.7 Å². The van der Waals surface area contributed by atoms with Crippen LogP contribution in [0.5, 0.6) is 5.75 Å². The Balaban J connectivity index is 2.02. The lowest BCUT2D eigenvalue weighted by Gasteiger charge is -2.02. The van der Waals surface area contributed by atoms with E-state index < -0.39 is 0 Å². The Kier molecular flexibility index (Phi) is 2.82. The van der Waals surface area contributed by atoms with Gasteiger partial charge in [0, 0.05) is 12.3 Å². The molecule has 0 amide bonds. The summed E-state index contributed by atoms with van der Waals surface area (Å²) in [6.45, 7) is 0.219. The fourth-order valence-electron chi connectivity index (χ4n) is 1.10. The number of H-pyrrole nitrogens is 1. The maximum atomic E-state index is 12.8. The number of hydrogen-bond acceptors (Lipinski definition) is 3. The van der Waals surface area contributed by atoms with Crippen LogP contribution < -0.4 is 4.74 Å². The Hall–Kier alpha value is -1.62. The fourth-order valence-corrected chi connectivity index (χ4v) is 1.27. The van der Waals surface area contributed by atoms with E-state index in [1.54, 1.807) is 18.3 Å². The van der Waals surface area contributed by atoms with Crippen LogP contribution in [0.25, 0.3) is 0 Å². The lowest BCUT2D eigenvalue weighted by Crippen LogP contribution is -1.93. The predicted octanol–water partition coefficient (Wildman–Crippen LogP) is 3.06. The van der Waals surface area contributed by atoms with Gasteiger partial charge in [-0.25, -0.2) is 4.39 Å². The molecular weight excluding hydrogens is 217 g/mol. The van der Waals surface area contributed by atoms with Gasteiger partial charge in [0.05, 0.1) is 0 Å². The van der Waals surface area contributed by atoms with Crippen LogP contribution in [0.4, 0.5) is 4.39 Å². The molecule has 15 heavy (non-hydrogen) atoms. The maximum absolute atomic E-state index is 12.8. The number of hydrogen-bond donors (Lipinski definition) is 1. The van der Waals surface area contributed by atoms with Crippen molar-refractivity contribution in [3.8, 4) is 5.75 Å². The number of rotatable bonds is 3. The highest BCUT2D eigenvalue weighted by atomic mass is 32.1. The first-order chi connectivity index (χ1) is 7.24. The first kappa shape index (κ1) is 9.92. The summed E-state index contributed by atoms with van der Waals surface area (Å²) in [7, 11) is 0. The summed E-state index contributed by atoms with van der Waals surface area (Å²) in [5.41, 5.74) is 0. The average Bonchev–Trinajstić information content (AvgIpc) is 2.62. The molecule has 2 rings (SSSR count). The molecule has 0 aliphatic carbocycles. The van der Waals surface area contributed by atoms with E-state index in [-0.39, 0.29) is 12.4 Å². The van der Waals surface area contributed by atoms with Gasteiger partial charge >= 0.3 is 0 Å². The molecule has 1 aromatic heterocycles. The molecule has 2 aromatic rings. The second-order valence-electron chi connectivity index (χ2n) is 2.89. The Bertz CT molecular complexity index is 506. The molecule has 78 valence electrons. The number of oxazole rings is 1. The van der Waals surface area contributed by atoms with E-state index in [0.29, 0.717) is 16.3 Å². The van der Waals surface area contributed by atoms with Crippen molar-refractivity contribution in [2.45, 2.75) is 6.61 Å². The molecule has 5 heteroatoms. The minimum absolute atomic E-state index is 0.219. The molecule has 0 aliphatic rings. The van der Waals surface area contributed by atoms with Gasteiger partial charge in [-0.05, 0) is 24.4 Å². The second kappa shape index (κ2) is 4.27. The third kappa shape index (κ3) is 2.66. The maximum Gasteiger partial charge on any atom is 0.266 e. The number of halogens is 1. The van der Waals surface area contributed by atoms with Gasteiger partial charge in [-0.3, -0.25) is 0 Å². The second-order valence-corrected chi connectivity index (χ2v) is 3.26. The zero-order chi connectivity index (χ0) is 10.7. The molecule has 0 bridgehead atoms. The summed E-state index contributed by atoms with van der Waals surface area (Å²) in [5, 5.41) is 0. The number of nitrogens with one attached hydrogen (secondary N) is 1. The molecule has 0 saturated carbocycles. The van der Waals surface area contributed by atoms with Crippen molar-refractivity contribution < 1.29 is 13.5 Å². The molecule has 0 spiro atoms. The zero-order valence-corrected chi connectivity index (χ0v) is 8.51. The summed E-state index contributed by atoms with van der Waals surface area (Å²) in [5.74, 6) is 0.698. The standard InChI is InChI=1S/C10H8FNO2S/c11-7-2-1-3-8(4-7)13-6-9-5-12-10(15)14-9/h1-5H,6H2,(H,12,15). The van der Waals surface area contributed by atoms with Gasteiger partial charge in [-0.15, -0.1) is 0 Å². The van der Waals surface area contributed by atoms with Crippen molar-refractivity contribution in [2.24, 2.45) is 0 Å². The largest absolute Gasteiger partial charge is 0.485 e. The molecular formula is C10H8FNO2S. The smallest absolute Gasteiger partial charge is 0.266 e. The first-order valence-electron chi connectivity index (χ1n) is 4.30. The van der Waals surface area contributed by atoms with Crippen molar-refractivity contribution >= 4 is 12.2 Å². The average molecular weight is 225 g/mol. The molecule has 1 heterocycles. The van der Waals surface area contributed by atoms with Crippen LogP contribution >= 0.6 is 12.2 Å². The lowest BCUT2D eigenvalue weighted by molar-refractivity contribution is 0.267. The van der Waals surface area contributed by atoms with E-state index in [1.807, 2.05) is 0 Å². The lowest BCUT2D eigenvalue weighted by atomic mass is 10.3. The number of benzene rings is 1. The van der Waals surface area contributed by atoms with E-state index >= 15 is 0 Å². The predicted molar refractivity (Wildman–Crippen MR) is 54.6 cm³/mol. The van der Waals surface area contributed by atoms with E-state index in [4.69, 9.17) is 21.4 Å². The van der Waals surface area contributed by atoms with Crippen molar-refractivity contribution in [2.75, 3.05) is 0 Å². The Morgan fingerprint density at radius 1 is 1.47 bits per heavy atom. The van der Waals surface area contributed by atoms with Gasteiger partial charge in [0.15, 0.2) is 5.76 Å². The van der Waals surface area contributed by atoms with Gasteiger partial charge in [-0.1, -0.05) is 6.07 Å². The van der Waals surface area contributed by atoms with Crippen LogP contribution in [0.3, 0.4) is 0 Å². The SMILES string of the molecule is Fc1cccc(OCc2c[nH]c(=S)o2)c1. The van der Waals surface area contributed by atoms with Crippen LogP contribution in [0.2, 0.25) is 0 Å². The summed E-state index contributed by atoms with van der Waals surface area (Å²) in [6, 6.07) is 5.91. The molecule has 0 aliphatic heterocycles. The Morgan fingerprint density at radius 2 is 2.33 bits per heavy atom. The monoisotopic (exact) mass is 225 g/mol. The zero-order valence-electron chi connectivity index (χ0n) is 7.70. The molecule has 3 nitrogen and oxygen atoms in total.